The van der Waals surface area contributed by atoms with Gasteiger partial charge in [-0.25, -0.2) is 0 Å². The minimum Gasteiger partial charge on any atom is -0.324 e. The number of hydrogen-bond acceptors (Lipinski definition) is 3. The van der Waals surface area contributed by atoms with E-state index in [0.29, 0.717) is 30.8 Å². The van der Waals surface area contributed by atoms with Gasteiger partial charge in [0.1, 0.15) is 0 Å². The van der Waals surface area contributed by atoms with Gasteiger partial charge in [-0.05, 0) is 29.8 Å². The molecule has 1 amide bonds. The van der Waals surface area contributed by atoms with E-state index in [0.717, 1.165) is 38.3 Å². The van der Waals surface area contributed by atoms with Crippen LogP contribution in [0.3, 0.4) is 0 Å². The predicted octanol–water partition coefficient (Wildman–Crippen LogP) is 5.71. The molecule has 0 unspecified atom stereocenters. The second-order valence-electron chi connectivity index (χ2n) is 6.60. The van der Waals surface area contributed by atoms with E-state index < -0.39 is 0 Å². The first-order valence-electron chi connectivity index (χ1n) is 8.65. The molecule has 0 aromatic heterocycles. The Hall–Kier alpha value is -0.720. The van der Waals surface area contributed by atoms with Gasteiger partial charge in [-0.1, -0.05) is 64.1 Å². The molecule has 0 spiro atoms. The molecule has 2 aromatic carbocycles. The van der Waals surface area contributed by atoms with E-state index in [-0.39, 0.29) is 12.5 Å². The van der Waals surface area contributed by atoms with Crippen LogP contribution in [-0.4, -0.2) is 48.4 Å². The van der Waals surface area contributed by atoms with Crippen molar-refractivity contribution < 1.29 is 4.79 Å². The average molecular weight is 482 g/mol. The predicted molar refractivity (Wildman–Crippen MR) is 118 cm³/mol. The molecule has 1 N–H and O–H groups in total. The van der Waals surface area contributed by atoms with Crippen LogP contribution in [0.25, 0.3) is 0 Å². The number of amides is 1. The van der Waals surface area contributed by atoms with Crippen molar-refractivity contribution >= 4 is 69.6 Å². The summed E-state index contributed by atoms with van der Waals surface area (Å²) in [4.78, 5) is 16.8. The number of carbonyl (C=O) groups excluding carboxylic acids is 1. The lowest BCUT2D eigenvalue weighted by molar-refractivity contribution is -0.117. The van der Waals surface area contributed by atoms with E-state index in [9.17, 15) is 4.79 Å². The first-order chi connectivity index (χ1) is 13.3. The lowest BCUT2D eigenvalue weighted by Gasteiger charge is -2.34. The molecular weight excluding hydrogens is 463 g/mol. The van der Waals surface area contributed by atoms with Crippen LogP contribution in [0.4, 0.5) is 5.69 Å². The third-order valence-electron chi connectivity index (χ3n) is 4.51. The molecule has 0 atom stereocenters. The van der Waals surface area contributed by atoms with Crippen LogP contribution in [-0.2, 0) is 11.3 Å². The number of piperazine rings is 1. The first-order valence-corrected chi connectivity index (χ1v) is 10.5. The highest BCUT2D eigenvalue weighted by Crippen LogP contribution is 2.32. The zero-order valence-electron chi connectivity index (χ0n) is 14.8. The highest BCUT2D eigenvalue weighted by Gasteiger charge is 2.20. The van der Waals surface area contributed by atoms with Gasteiger partial charge in [0.2, 0.25) is 5.91 Å². The van der Waals surface area contributed by atoms with Gasteiger partial charge in [-0.15, -0.1) is 0 Å². The molecule has 1 aliphatic rings. The summed E-state index contributed by atoms with van der Waals surface area (Å²) < 4.78 is 0. The molecule has 0 aliphatic carbocycles. The molecule has 9 heteroatoms. The summed E-state index contributed by atoms with van der Waals surface area (Å²) in [5.41, 5.74) is 1.58. The minimum atomic E-state index is -0.141. The maximum Gasteiger partial charge on any atom is 0.238 e. The molecule has 0 saturated carbocycles. The quantitative estimate of drug-likeness (QED) is 0.556. The van der Waals surface area contributed by atoms with Gasteiger partial charge in [-0.3, -0.25) is 14.6 Å². The lowest BCUT2D eigenvalue weighted by atomic mass is 10.2. The van der Waals surface area contributed by atoms with Crippen LogP contribution in [0.5, 0.6) is 0 Å². The summed E-state index contributed by atoms with van der Waals surface area (Å²) >= 11 is 30.1. The van der Waals surface area contributed by atoms with Crippen LogP contribution < -0.4 is 5.32 Å². The van der Waals surface area contributed by atoms with Crippen molar-refractivity contribution in [3.63, 3.8) is 0 Å². The highest BCUT2D eigenvalue weighted by atomic mass is 35.5. The fourth-order valence-electron chi connectivity index (χ4n) is 3.01. The molecule has 1 heterocycles. The molecule has 0 bridgehead atoms. The van der Waals surface area contributed by atoms with Gasteiger partial charge in [0.25, 0.3) is 0 Å². The smallest absolute Gasteiger partial charge is 0.238 e. The summed E-state index contributed by atoms with van der Waals surface area (Å²) in [6, 6.07) is 8.76. The van der Waals surface area contributed by atoms with E-state index in [4.69, 9.17) is 58.0 Å². The van der Waals surface area contributed by atoms with E-state index in [1.54, 1.807) is 6.07 Å². The Kier molecular flexibility index (Phi) is 7.74. The van der Waals surface area contributed by atoms with Crippen molar-refractivity contribution in [2.75, 3.05) is 38.0 Å². The highest BCUT2D eigenvalue weighted by molar-refractivity contribution is 6.44. The lowest BCUT2D eigenvalue weighted by Crippen LogP contribution is -2.48. The fourth-order valence-corrected chi connectivity index (χ4v) is 3.93. The SMILES string of the molecule is O=C(CN1CCN(Cc2ccc(Cl)c(Cl)c2)CC1)Nc1cc(Cl)c(Cl)cc1Cl. The Labute approximate surface area is 189 Å². The second-order valence-corrected chi connectivity index (χ2v) is 8.63. The van der Waals surface area contributed by atoms with Crippen LogP contribution in [0, 0.1) is 0 Å². The fraction of sp³-hybridized carbons (Fsp3) is 0.316. The van der Waals surface area contributed by atoms with Crippen LogP contribution in [0.15, 0.2) is 30.3 Å². The van der Waals surface area contributed by atoms with E-state index in [2.05, 4.69) is 15.1 Å². The van der Waals surface area contributed by atoms with Crippen molar-refractivity contribution in [3.8, 4) is 0 Å². The number of nitrogens with one attached hydrogen (secondary N) is 1. The topological polar surface area (TPSA) is 35.6 Å². The number of anilines is 1. The zero-order chi connectivity index (χ0) is 20.3. The van der Waals surface area contributed by atoms with Crippen molar-refractivity contribution in [1.29, 1.82) is 0 Å². The van der Waals surface area contributed by atoms with E-state index in [1.807, 2.05) is 18.2 Å². The normalized spacial score (nSPS) is 15.6. The minimum absolute atomic E-state index is 0.141. The number of halogens is 5. The van der Waals surface area contributed by atoms with Crippen molar-refractivity contribution in [1.82, 2.24) is 9.80 Å². The van der Waals surface area contributed by atoms with Crippen LogP contribution in [0.1, 0.15) is 5.56 Å². The molecule has 150 valence electrons. The molecule has 4 nitrogen and oxygen atoms in total. The molecular formula is C19H18Cl5N3O. The van der Waals surface area contributed by atoms with Crippen molar-refractivity contribution in [2.45, 2.75) is 6.54 Å². The maximum atomic E-state index is 12.3. The van der Waals surface area contributed by atoms with Crippen molar-refractivity contribution in [3.05, 3.63) is 61.0 Å². The summed E-state index contributed by atoms with van der Waals surface area (Å²) in [7, 11) is 0. The summed E-state index contributed by atoms with van der Waals surface area (Å²) in [5, 5.41) is 4.97. The van der Waals surface area contributed by atoms with Gasteiger partial charge >= 0.3 is 0 Å². The number of nitrogens with zero attached hydrogens (tertiary/aromatic N) is 2. The summed E-state index contributed by atoms with van der Waals surface area (Å²) in [5.74, 6) is -0.141. The molecule has 28 heavy (non-hydrogen) atoms. The number of benzene rings is 2. The van der Waals surface area contributed by atoms with Crippen molar-refractivity contribution in [2.24, 2.45) is 0 Å². The molecule has 1 fully saturated rings. The Morgan fingerprint density at radius 2 is 1.39 bits per heavy atom. The Balaban J connectivity index is 1.48. The number of carbonyl (C=O) groups is 1. The monoisotopic (exact) mass is 479 g/mol. The summed E-state index contributed by atoms with van der Waals surface area (Å²) in [6.07, 6.45) is 0. The van der Waals surface area contributed by atoms with E-state index >= 15 is 0 Å². The van der Waals surface area contributed by atoms with Crippen LogP contribution >= 0.6 is 58.0 Å². The third kappa shape index (κ3) is 5.90. The Bertz CT molecular complexity index is 869. The molecule has 2 aromatic rings. The largest absolute Gasteiger partial charge is 0.324 e. The van der Waals surface area contributed by atoms with Gasteiger partial charge in [-0.2, -0.15) is 0 Å². The first kappa shape index (κ1) is 22.0. The zero-order valence-corrected chi connectivity index (χ0v) is 18.6. The number of rotatable bonds is 5. The standard InChI is InChI=1S/C19H18Cl5N3O/c20-13-2-1-12(7-14(13)21)10-26-3-5-27(6-4-26)11-19(28)25-18-9-16(23)15(22)8-17(18)24/h1-2,7-9H,3-6,10-11H2,(H,25,28). The van der Waals surface area contributed by atoms with Gasteiger partial charge in [0.05, 0.1) is 37.3 Å². The Morgan fingerprint density at radius 3 is 2.07 bits per heavy atom. The van der Waals surface area contributed by atoms with Gasteiger partial charge in [0.15, 0.2) is 0 Å². The van der Waals surface area contributed by atoms with Crippen LogP contribution in [0.2, 0.25) is 25.1 Å². The number of hydrogen-bond donors (Lipinski definition) is 1. The molecule has 0 radical (unpaired) electrons. The third-order valence-corrected chi connectivity index (χ3v) is 6.28. The van der Waals surface area contributed by atoms with Gasteiger partial charge < -0.3 is 5.32 Å². The summed E-state index contributed by atoms with van der Waals surface area (Å²) in [6.45, 7) is 4.41. The van der Waals surface area contributed by atoms with Gasteiger partial charge in [0, 0.05) is 32.7 Å². The average Bonchev–Trinajstić information content (AvgIpc) is 2.64. The molecule has 3 rings (SSSR count). The molecule has 1 aliphatic heterocycles. The van der Waals surface area contributed by atoms with E-state index in [1.165, 1.54) is 6.07 Å². The second kappa shape index (κ2) is 9.86. The Morgan fingerprint density at radius 1 is 0.786 bits per heavy atom. The molecule has 1 saturated heterocycles. The maximum absolute atomic E-state index is 12.3.